The number of ether oxygens (including phenoxy) is 1. The first kappa shape index (κ1) is 31.4. The summed E-state index contributed by atoms with van der Waals surface area (Å²) in [5.41, 5.74) is 2.65. The fourth-order valence-corrected chi connectivity index (χ4v) is 5.30. The molecule has 0 spiro atoms. The van der Waals surface area contributed by atoms with Crippen molar-refractivity contribution in [2.75, 3.05) is 19.9 Å². The molecule has 4 aromatic carbocycles. The molecule has 1 N–H and O–H groups in total. The Labute approximate surface area is 251 Å². The van der Waals surface area contributed by atoms with E-state index < -0.39 is 40.2 Å². The monoisotopic (exact) mass is 603 g/mol. The number of nitrogens with zero attached hydrogens (tertiary/aromatic N) is 2. The van der Waals surface area contributed by atoms with Crippen LogP contribution in [0.3, 0.4) is 0 Å². The third-order valence-electron chi connectivity index (χ3n) is 6.87. The number of methoxy groups -OCH3 is 1. The van der Waals surface area contributed by atoms with Crippen LogP contribution in [0.4, 0.5) is 4.39 Å². The number of sulfonamides is 1. The van der Waals surface area contributed by atoms with E-state index in [1.165, 1.54) is 29.2 Å². The van der Waals surface area contributed by atoms with Gasteiger partial charge in [0.1, 0.15) is 17.6 Å². The molecule has 1 unspecified atom stereocenters. The largest absolute Gasteiger partial charge is 0.497 e. The molecule has 4 rings (SSSR count). The van der Waals surface area contributed by atoms with Crippen LogP contribution in [0, 0.1) is 5.82 Å². The van der Waals surface area contributed by atoms with E-state index in [1.54, 1.807) is 73.8 Å². The quantitative estimate of drug-likeness (QED) is 0.240. The van der Waals surface area contributed by atoms with Gasteiger partial charge in [0.25, 0.3) is 0 Å². The number of benzene rings is 4. The van der Waals surface area contributed by atoms with Gasteiger partial charge >= 0.3 is 0 Å². The second kappa shape index (κ2) is 14.6. The molecule has 43 heavy (non-hydrogen) atoms. The van der Waals surface area contributed by atoms with Gasteiger partial charge in [-0.05, 0) is 46.5 Å². The van der Waals surface area contributed by atoms with Crippen LogP contribution in [0.15, 0.2) is 109 Å². The first-order valence-electron chi connectivity index (χ1n) is 13.6. The number of carbonyl (C=O) groups excluding carboxylic acids is 2. The Morgan fingerprint density at radius 3 is 1.93 bits per heavy atom. The molecular weight excluding hydrogens is 569 g/mol. The zero-order valence-electron chi connectivity index (χ0n) is 24.0. The molecule has 0 radical (unpaired) electrons. The summed E-state index contributed by atoms with van der Waals surface area (Å²) in [5.74, 6) is -0.797. The maximum absolute atomic E-state index is 14.1. The number of hydrogen-bond acceptors (Lipinski definition) is 5. The van der Waals surface area contributed by atoms with Crippen LogP contribution in [-0.4, -0.2) is 49.3 Å². The van der Waals surface area contributed by atoms with Crippen molar-refractivity contribution < 1.29 is 27.1 Å². The maximum atomic E-state index is 14.1. The standard InChI is InChI=1S/C33H34FN3O5S/c1-42-30-19-15-25(16-20-30)21-35-33(39)32(28-11-7-4-8-12-28)37(23-27-13-17-29(34)18-14-27)31(38)24-36(43(2,40)41)22-26-9-5-3-6-10-26/h3-20,32H,21-24H2,1-2H3,(H,35,39). The number of carbonyl (C=O) groups is 2. The smallest absolute Gasteiger partial charge is 0.247 e. The molecule has 0 fully saturated rings. The van der Waals surface area contributed by atoms with Gasteiger partial charge in [-0.25, -0.2) is 12.8 Å². The van der Waals surface area contributed by atoms with Gasteiger partial charge in [-0.3, -0.25) is 9.59 Å². The van der Waals surface area contributed by atoms with Crippen LogP contribution in [0.5, 0.6) is 5.75 Å². The van der Waals surface area contributed by atoms with E-state index in [0.29, 0.717) is 22.4 Å². The summed E-state index contributed by atoms with van der Waals surface area (Å²) in [6, 6.07) is 29.5. The minimum absolute atomic E-state index is 0.0184. The fourth-order valence-electron chi connectivity index (χ4n) is 4.57. The van der Waals surface area contributed by atoms with Gasteiger partial charge in [0, 0.05) is 19.6 Å². The third kappa shape index (κ3) is 8.97. The predicted octanol–water partition coefficient (Wildman–Crippen LogP) is 4.68. The number of halogens is 1. The van der Waals surface area contributed by atoms with Gasteiger partial charge in [0.15, 0.2) is 0 Å². The van der Waals surface area contributed by atoms with Gasteiger partial charge in [0.05, 0.1) is 19.9 Å². The lowest BCUT2D eigenvalue weighted by Gasteiger charge is -2.33. The summed E-state index contributed by atoms with van der Waals surface area (Å²) in [5, 5.41) is 2.92. The van der Waals surface area contributed by atoms with Crippen molar-refractivity contribution in [2.24, 2.45) is 0 Å². The van der Waals surface area contributed by atoms with E-state index in [9.17, 15) is 22.4 Å². The Kier molecular flexibility index (Phi) is 10.6. The number of rotatable bonds is 13. The van der Waals surface area contributed by atoms with Crippen molar-refractivity contribution >= 4 is 21.8 Å². The third-order valence-corrected chi connectivity index (χ3v) is 8.07. The summed E-state index contributed by atoms with van der Waals surface area (Å²) < 4.78 is 45.6. The molecule has 1 atom stereocenters. The van der Waals surface area contributed by atoms with Gasteiger partial charge in [-0.1, -0.05) is 84.9 Å². The summed E-state index contributed by atoms with van der Waals surface area (Å²) in [7, 11) is -2.24. The maximum Gasteiger partial charge on any atom is 0.247 e. The molecule has 0 bridgehead atoms. The molecule has 0 aliphatic carbocycles. The van der Waals surface area contributed by atoms with Crippen molar-refractivity contribution in [1.82, 2.24) is 14.5 Å². The molecule has 224 valence electrons. The summed E-state index contributed by atoms with van der Waals surface area (Å²) in [4.78, 5) is 29.3. The highest BCUT2D eigenvalue weighted by Gasteiger charge is 2.33. The zero-order valence-corrected chi connectivity index (χ0v) is 24.8. The molecule has 10 heteroatoms. The summed E-state index contributed by atoms with van der Waals surface area (Å²) >= 11 is 0. The van der Waals surface area contributed by atoms with E-state index in [-0.39, 0.29) is 19.6 Å². The highest BCUT2D eigenvalue weighted by Crippen LogP contribution is 2.25. The molecule has 0 aliphatic rings. The van der Waals surface area contributed by atoms with Crippen LogP contribution in [0.2, 0.25) is 0 Å². The van der Waals surface area contributed by atoms with Crippen LogP contribution in [-0.2, 0) is 39.2 Å². The van der Waals surface area contributed by atoms with Gasteiger partial charge in [0.2, 0.25) is 21.8 Å². The molecule has 2 amide bonds. The summed E-state index contributed by atoms with van der Waals surface area (Å²) in [6.07, 6.45) is 1.05. The van der Waals surface area contributed by atoms with E-state index in [4.69, 9.17) is 4.74 Å². The van der Waals surface area contributed by atoms with Crippen molar-refractivity contribution in [3.05, 3.63) is 137 Å². The minimum Gasteiger partial charge on any atom is -0.497 e. The average Bonchev–Trinajstić information content (AvgIpc) is 3.01. The predicted molar refractivity (Wildman–Crippen MR) is 163 cm³/mol. The van der Waals surface area contributed by atoms with Crippen LogP contribution in [0.1, 0.15) is 28.3 Å². The lowest BCUT2D eigenvalue weighted by atomic mass is 10.0. The molecule has 0 saturated heterocycles. The molecule has 0 heterocycles. The molecule has 4 aromatic rings. The SMILES string of the molecule is COc1ccc(CNC(=O)C(c2ccccc2)N(Cc2ccc(F)cc2)C(=O)CN(Cc2ccccc2)S(C)(=O)=O)cc1. The van der Waals surface area contributed by atoms with Crippen LogP contribution < -0.4 is 10.1 Å². The summed E-state index contributed by atoms with van der Waals surface area (Å²) in [6.45, 7) is -0.384. The Morgan fingerprint density at radius 1 is 0.791 bits per heavy atom. The number of amides is 2. The molecule has 8 nitrogen and oxygen atoms in total. The van der Waals surface area contributed by atoms with Crippen molar-refractivity contribution in [3.63, 3.8) is 0 Å². The number of nitrogens with one attached hydrogen (secondary N) is 1. The molecule has 0 aliphatic heterocycles. The minimum atomic E-state index is -3.81. The van der Waals surface area contributed by atoms with Crippen LogP contribution >= 0.6 is 0 Å². The topological polar surface area (TPSA) is 96.0 Å². The highest BCUT2D eigenvalue weighted by molar-refractivity contribution is 7.88. The Bertz CT molecular complexity index is 1600. The van der Waals surface area contributed by atoms with E-state index in [1.807, 2.05) is 18.2 Å². The number of hydrogen-bond donors (Lipinski definition) is 1. The van der Waals surface area contributed by atoms with Crippen molar-refractivity contribution in [1.29, 1.82) is 0 Å². The van der Waals surface area contributed by atoms with Crippen molar-refractivity contribution in [3.8, 4) is 5.75 Å². The lowest BCUT2D eigenvalue weighted by Crippen LogP contribution is -2.47. The Morgan fingerprint density at radius 2 is 1.35 bits per heavy atom. The highest BCUT2D eigenvalue weighted by atomic mass is 32.2. The average molecular weight is 604 g/mol. The zero-order chi connectivity index (χ0) is 30.8. The molecule has 0 aromatic heterocycles. The second-order valence-electron chi connectivity index (χ2n) is 10.0. The first-order chi connectivity index (χ1) is 20.6. The van der Waals surface area contributed by atoms with Gasteiger partial charge < -0.3 is 15.0 Å². The Balaban J connectivity index is 1.68. The van der Waals surface area contributed by atoms with E-state index >= 15 is 0 Å². The van der Waals surface area contributed by atoms with Gasteiger partial charge in [-0.2, -0.15) is 4.31 Å². The second-order valence-corrected chi connectivity index (χ2v) is 12.0. The molecule has 0 saturated carbocycles. The van der Waals surface area contributed by atoms with Crippen LogP contribution in [0.25, 0.3) is 0 Å². The van der Waals surface area contributed by atoms with E-state index in [2.05, 4.69) is 5.32 Å². The normalized spacial score (nSPS) is 12.0. The van der Waals surface area contributed by atoms with Crippen molar-refractivity contribution in [2.45, 2.75) is 25.7 Å². The Hall–Kier alpha value is -4.54. The first-order valence-corrected chi connectivity index (χ1v) is 15.5. The van der Waals surface area contributed by atoms with E-state index in [0.717, 1.165) is 16.1 Å². The van der Waals surface area contributed by atoms with Gasteiger partial charge in [-0.15, -0.1) is 0 Å². The fraction of sp³-hybridized carbons (Fsp3) is 0.212. The lowest BCUT2D eigenvalue weighted by molar-refractivity contribution is -0.141. The molecular formula is C33H34FN3O5S.